The van der Waals surface area contributed by atoms with Crippen LogP contribution in [-0.4, -0.2) is 26.5 Å². The quantitative estimate of drug-likeness (QED) is 0.509. The summed E-state index contributed by atoms with van der Waals surface area (Å²) in [6.07, 6.45) is 0. The standard InChI is InChI=1S/C16H13Cl2N5OS/c17-11-6-2-1-5-10(11)15-21-22-16(23(15)19)25-9-14(24)20-13-8-4-3-7-12(13)18/h1-8H,9,19H2,(H,20,24). The summed E-state index contributed by atoms with van der Waals surface area (Å²) in [6, 6.07) is 14.2. The Morgan fingerprint density at radius 2 is 1.76 bits per heavy atom. The van der Waals surface area contributed by atoms with Crippen molar-refractivity contribution in [1.29, 1.82) is 0 Å². The molecule has 0 saturated carbocycles. The van der Waals surface area contributed by atoms with Gasteiger partial charge in [-0.25, -0.2) is 4.68 Å². The average Bonchev–Trinajstić information content (AvgIpc) is 2.96. The van der Waals surface area contributed by atoms with Crippen molar-refractivity contribution in [3.63, 3.8) is 0 Å². The molecule has 9 heteroatoms. The van der Waals surface area contributed by atoms with Crippen LogP contribution >= 0.6 is 35.0 Å². The molecule has 1 heterocycles. The number of anilines is 1. The van der Waals surface area contributed by atoms with Crippen LogP contribution in [0.2, 0.25) is 10.0 Å². The van der Waals surface area contributed by atoms with E-state index >= 15 is 0 Å². The van der Waals surface area contributed by atoms with E-state index in [1.54, 1.807) is 36.4 Å². The molecule has 128 valence electrons. The fourth-order valence-corrected chi connectivity index (χ4v) is 3.14. The molecule has 25 heavy (non-hydrogen) atoms. The Hall–Kier alpha value is -2.22. The van der Waals surface area contributed by atoms with Crippen molar-refractivity contribution in [2.75, 3.05) is 16.9 Å². The highest BCUT2D eigenvalue weighted by Crippen LogP contribution is 2.27. The van der Waals surface area contributed by atoms with Crippen LogP contribution in [0.3, 0.4) is 0 Å². The van der Waals surface area contributed by atoms with Gasteiger partial charge in [-0.15, -0.1) is 10.2 Å². The summed E-state index contributed by atoms with van der Waals surface area (Å²) in [7, 11) is 0. The lowest BCUT2D eigenvalue weighted by molar-refractivity contribution is -0.113. The summed E-state index contributed by atoms with van der Waals surface area (Å²) in [5, 5.41) is 12.2. The number of carbonyl (C=O) groups is 1. The highest BCUT2D eigenvalue weighted by atomic mass is 35.5. The number of aromatic nitrogens is 3. The molecule has 0 atom stereocenters. The van der Waals surface area contributed by atoms with Crippen LogP contribution in [0, 0.1) is 0 Å². The molecule has 2 aromatic carbocycles. The lowest BCUT2D eigenvalue weighted by Gasteiger charge is -2.07. The molecule has 6 nitrogen and oxygen atoms in total. The number of nitrogens with one attached hydrogen (secondary N) is 1. The van der Waals surface area contributed by atoms with E-state index in [-0.39, 0.29) is 11.7 Å². The predicted octanol–water partition coefficient (Wildman–Crippen LogP) is 3.70. The summed E-state index contributed by atoms with van der Waals surface area (Å²) in [4.78, 5) is 12.1. The van der Waals surface area contributed by atoms with Gasteiger partial charge in [-0.2, -0.15) is 0 Å². The molecular formula is C16H13Cl2N5OS. The maximum absolute atomic E-state index is 12.1. The SMILES string of the molecule is Nn1c(SCC(=O)Nc2ccccc2Cl)nnc1-c1ccccc1Cl. The van der Waals surface area contributed by atoms with Crippen LogP contribution in [0.1, 0.15) is 0 Å². The highest BCUT2D eigenvalue weighted by Gasteiger charge is 2.16. The van der Waals surface area contributed by atoms with Crippen molar-refractivity contribution in [3.8, 4) is 11.4 Å². The average molecular weight is 394 g/mol. The molecule has 0 saturated heterocycles. The Morgan fingerprint density at radius 1 is 1.08 bits per heavy atom. The number of thioether (sulfide) groups is 1. The summed E-state index contributed by atoms with van der Waals surface area (Å²) in [5.41, 5.74) is 1.23. The fraction of sp³-hybridized carbons (Fsp3) is 0.0625. The first kappa shape index (κ1) is 17.6. The van der Waals surface area contributed by atoms with Gasteiger partial charge in [0.25, 0.3) is 0 Å². The largest absolute Gasteiger partial charge is 0.335 e. The zero-order valence-electron chi connectivity index (χ0n) is 12.8. The Kier molecular flexibility index (Phi) is 5.47. The van der Waals surface area contributed by atoms with Gasteiger partial charge in [0.05, 0.1) is 21.5 Å². The third-order valence-electron chi connectivity index (χ3n) is 3.26. The fourth-order valence-electron chi connectivity index (χ4n) is 2.08. The topological polar surface area (TPSA) is 85.8 Å². The monoisotopic (exact) mass is 393 g/mol. The van der Waals surface area contributed by atoms with Crippen LogP contribution in [-0.2, 0) is 4.79 Å². The second kappa shape index (κ2) is 7.77. The number of halogens is 2. The van der Waals surface area contributed by atoms with Crippen molar-refractivity contribution in [1.82, 2.24) is 14.9 Å². The number of para-hydroxylation sites is 1. The van der Waals surface area contributed by atoms with Crippen molar-refractivity contribution in [2.45, 2.75) is 5.16 Å². The predicted molar refractivity (Wildman–Crippen MR) is 101 cm³/mol. The summed E-state index contributed by atoms with van der Waals surface area (Å²) in [6.45, 7) is 0. The zero-order chi connectivity index (χ0) is 17.8. The molecule has 0 bridgehead atoms. The third kappa shape index (κ3) is 4.07. The van der Waals surface area contributed by atoms with Crippen LogP contribution < -0.4 is 11.2 Å². The molecule has 1 amide bonds. The van der Waals surface area contributed by atoms with Gasteiger partial charge in [0.1, 0.15) is 0 Å². The van der Waals surface area contributed by atoms with Gasteiger partial charge in [0.15, 0.2) is 5.82 Å². The van der Waals surface area contributed by atoms with E-state index in [2.05, 4.69) is 15.5 Å². The van der Waals surface area contributed by atoms with Gasteiger partial charge >= 0.3 is 0 Å². The molecule has 0 fully saturated rings. The van der Waals surface area contributed by atoms with E-state index in [0.717, 1.165) is 0 Å². The number of nitrogens with zero attached hydrogens (tertiary/aromatic N) is 3. The lowest BCUT2D eigenvalue weighted by atomic mass is 10.2. The van der Waals surface area contributed by atoms with Crippen molar-refractivity contribution < 1.29 is 4.79 Å². The van der Waals surface area contributed by atoms with E-state index in [4.69, 9.17) is 29.0 Å². The minimum absolute atomic E-state index is 0.114. The lowest BCUT2D eigenvalue weighted by Crippen LogP contribution is -2.16. The maximum Gasteiger partial charge on any atom is 0.234 e. The number of hydrogen-bond donors (Lipinski definition) is 2. The number of nitrogen functional groups attached to an aromatic ring is 1. The zero-order valence-corrected chi connectivity index (χ0v) is 15.1. The van der Waals surface area contributed by atoms with Gasteiger partial charge in [0.2, 0.25) is 11.1 Å². The number of benzene rings is 2. The minimum Gasteiger partial charge on any atom is -0.335 e. The van der Waals surface area contributed by atoms with Crippen LogP contribution in [0.15, 0.2) is 53.7 Å². The van der Waals surface area contributed by atoms with Gasteiger partial charge in [-0.05, 0) is 24.3 Å². The second-order valence-corrected chi connectivity index (χ2v) is 6.73. The van der Waals surface area contributed by atoms with Crippen molar-refractivity contribution in [2.24, 2.45) is 0 Å². The normalized spacial score (nSPS) is 10.6. The van der Waals surface area contributed by atoms with Crippen LogP contribution in [0.4, 0.5) is 5.69 Å². The Morgan fingerprint density at radius 3 is 2.48 bits per heavy atom. The summed E-state index contributed by atoms with van der Waals surface area (Å²) >= 11 is 13.3. The van der Waals surface area contributed by atoms with Crippen LogP contribution in [0.25, 0.3) is 11.4 Å². The summed E-state index contributed by atoms with van der Waals surface area (Å²) in [5.74, 6) is 6.35. The molecule has 0 unspecified atom stereocenters. The van der Waals surface area contributed by atoms with Crippen LogP contribution in [0.5, 0.6) is 0 Å². The Labute approximate surface area is 158 Å². The Bertz CT molecular complexity index is 915. The molecule has 3 aromatic rings. The number of amides is 1. The number of hydrogen-bond acceptors (Lipinski definition) is 5. The van der Waals surface area contributed by atoms with Crippen molar-refractivity contribution in [3.05, 3.63) is 58.6 Å². The van der Waals surface area contributed by atoms with Gasteiger partial charge in [-0.1, -0.05) is 59.2 Å². The van der Waals surface area contributed by atoms with E-state index in [0.29, 0.717) is 32.3 Å². The van der Waals surface area contributed by atoms with E-state index in [9.17, 15) is 4.79 Å². The molecule has 0 aliphatic rings. The first-order valence-electron chi connectivity index (χ1n) is 7.19. The molecule has 3 rings (SSSR count). The highest BCUT2D eigenvalue weighted by molar-refractivity contribution is 7.99. The Balaban J connectivity index is 1.67. The maximum atomic E-state index is 12.1. The molecule has 0 spiro atoms. The van der Waals surface area contributed by atoms with E-state index < -0.39 is 0 Å². The number of rotatable bonds is 5. The van der Waals surface area contributed by atoms with Gasteiger partial charge < -0.3 is 11.2 Å². The summed E-state index contributed by atoms with van der Waals surface area (Å²) < 4.78 is 1.31. The molecule has 0 aliphatic heterocycles. The second-order valence-electron chi connectivity index (χ2n) is 4.97. The van der Waals surface area contributed by atoms with Gasteiger partial charge in [-0.3, -0.25) is 4.79 Å². The molecule has 0 aliphatic carbocycles. The van der Waals surface area contributed by atoms with Crippen molar-refractivity contribution >= 4 is 46.6 Å². The van der Waals surface area contributed by atoms with E-state index in [1.807, 2.05) is 12.1 Å². The third-order valence-corrected chi connectivity index (χ3v) is 4.86. The molecule has 1 aromatic heterocycles. The molecule has 0 radical (unpaired) electrons. The smallest absolute Gasteiger partial charge is 0.234 e. The molecular weight excluding hydrogens is 381 g/mol. The van der Waals surface area contributed by atoms with E-state index in [1.165, 1.54) is 16.4 Å². The number of nitrogens with two attached hydrogens (primary N) is 1. The minimum atomic E-state index is -0.222. The number of carbonyl (C=O) groups excluding carboxylic acids is 1. The molecule has 3 N–H and O–H groups in total. The first-order valence-corrected chi connectivity index (χ1v) is 8.93. The van der Waals surface area contributed by atoms with Gasteiger partial charge in [0, 0.05) is 5.56 Å². The first-order chi connectivity index (χ1) is 12.1.